The molecule has 2 N–H and O–H groups in total. The van der Waals surface area contributed by atoms with E-state index in [1.54, 1.807) is 0 Å². The van der Waals surface area contributed by atoms with Crippen LogP contribution in [0.2, 0.25) is 0 Å². The lowest BCUT2D eigenvalue weighted by molar-refractivity contribution is -0.137. The van der Waals surface area contributed by atoms with Gasteiger partial charge in [-0.15, -0.1) is 0 Å². The number of carbonyl (C=O) groups excluding carboxylic acids is 1. The van der Waals surface area contributed by atoms with E-state index < -0.39 is 39.9 Å². The number of aromatic nitrogens is 2. The van der Waals surface area contributed by atoms with Crippen LogP contribution in [-0.4, -0.2) is 27.8 Å². The van der Waals surface area contributed by atoms with E-state index >= 15 is 0 Å². The summed E-state index contributed by atoms with van der Waals surface area (Å²) in [4.78, 5) is 23.8. The molecule has 1 aromatic carbocycles. The number of benzene rings is 1. The molecule has 0 atom stereocenters. The van der Waals surface area contributed by atoms with Gasteiger partial charge in [0.1, 0.15) is 0 Å². The average molecular weight is 395 g/mol. The smallest absolute Gasteiger partial charge is 0.416 e. The molecule has 1 aromatic heterocycles. The number of nitrogens with one attached hydrogen (secondary N) is 1. The second kappa shape index (κ2) is 7.29. The lowest BCUT2D eigenvalue weighted by Crippen LogP contribution is -2.33. The van der Waals surface area contributed by atoms with Crippen molar-refractivity contribution < 1.29 is 23.1 Å². The number of aromatic hydroxyl groups is 1. The third-order valence-electron chi connectivity index (χ3n) is 5.24. The van der Waals surface area contributed by atoms with Crippen molar-refractivity contribution in [3.05, 3.63) is 57.5 Å². The Morgan fingerprint density at radius 3 is 2.39 bits per heavy atom. The lowest BCUT2D eigenvalue weighted by Gasteiger charge is -2.30. The molecule has 0 spiro atoms. The van der Waals surface area contributed by atoms with Crippen molar-refractivity contribution in [1.29, 1.82) is 0 Å². The van der Waals surface area contributed by atoms with Crippen molar-refractivity contribution in [3.63, 3.8) is 0 Å². The largest absolute Gasteiger partial charge is 0.503 e. The van der Waals surface area contributed by atoms with Crippen LogP contribution in [0.4, 0.5) is 13.2 Å². The van der Waals surface area contributed by atoms with E-state index in [9.17, 15) is 27.9 Å². The Morgan fingerprint density at radius 1 is 1.25 bits per heavy atom. The number of nitrogens with zero attached hydrogens (tertiary/aromatic N) is 2. The molecule has 3 rings (SSSR count). The van der Waals surface area contributed by atoms with E-state index in [0.717, 1.165) is 49.6 Å². The van der Waals surface area contributed by atoms with Crippen LogP contribution < -0.4 is 10.7 Å². The number of hydrogen-bond acceptors (Lipinski definition) is 4. The quantitative estimate of drug-likeness (QED) is 0.834. The van der Waals surface area contributed by atoms with Crippen LogP contribution in [-0.2, 0) is 18.1 Å². The number of amides is 1. The summed E-state index contributed by atoms with van der Waals surface area (Å²) in [6.45, 7) is 0.232. The molecule has 0 saturated heterocycles. The number of carbonyl (C=O) groups is 1. The zero-order valence-electron chi connectivity index (χ0n) is 15.2. The molecule has 0 bridgehead atoms. The first-order valence-corrected chi connectivity index (χ1v) is 8.87. The number of rotatable bonds is 4. The van der Waals surface area contributed by atoms with Crippen LogP contribution >= 0.6 is 0 Å². The van der Waals surface area contributed by atoms with Gasteiger partial charge in [-0.25, -0.2) is 0 Å². The van der Waals surface area contributed by atoms with E-state index in [-0.39, 0.29) is 6.54 Å². The molecule has 1 heterocycles. The van der Waals surface area contributed by atoms with E-state index in [0.29, 0.717) is 0 Å². The van der Waals surface area contributed by atoms with Crippen molar-refractivity contribution in [1.82, 2.24) is 15.1 Å². The van der Waals surface area contributed by atoms with Crippen LogP contribution in [0.5, 0.6) is 5.75 Å². The Kier molecular flexibility index (Phi) is 5.18. The third-order valence-corrected chi connectivity index (χ3v) is 5.24. The van der Waals surface area contributed by atoms with Crippen molar-refractivity contribution >= 4 is 5.91 Å². The average Bonchev–Trinajstić information content (AvgIpc) is 3.13. The van der Waals surface area contributed by atoms with Gasteiger partial charge in [-0.1, -0.05) is 25.0 Å². The molecule has 0 radical (unpaired) electrons. The van der Waals surface area contributed by atoms with Crippen LogP contribution in [0.3, 0.4) is 0 Å². The SMILES string of the molecule is CNC(=O)c1nn(CC2(c3ccc(C(F)(F)F)cc3)CCCC2)cc(O)c1=O. The lowest BCUT2D eigenvalue weighted by atomic mass is 9.78. The number of hydrogen-bond donors (Lipinski definition) is 2. The van der Waals surface area contributed by atoms with Gasteiger partial charge in [-0.3, -0.25) is 14.3 Å². The zero-order valence-corrected chi connectivity index (χ0v) is 15.2. The summed E-state index contributed by atoms with van der Waals surface area (Å²) in [7, 11) is 1.35. The predicted molar refractivity (Wildman–Crippen MR) is 95.1 cm³/mol. The number of halogens is 3. The fraction of sp³-hybridized carbons (Fsp3) is 0.421. The first-order valence-electron chi connectivity index (χ1n) is 8.87. The highest BCUT2D eigenvalue weighted by atomic mass is 19.4. The maximum atomic E-state index is 12.9. The molecule has 1 fully saturated rings. The highest BCUT2D eigenvalue weighted by Gasteiger charge is 2.38. The van der Waals surface area contributed by atoms with E-state index in [4.69, 9.17) is 0 Å². The van der Waals surface area contributed by atoms with Gasteiger partial charge in [0.05, 0.1) is 18.3 Å². The molecule has 0 aliphatic heterocycles. The van der Waals surface area contributed by atoms with Crippen molar-refractivity contribution in [3.8, 4) is 5.75 Å². The minimum absolute atomic E-state index is 0.232. The number of alkyl halides is 3. The molecule has 1 aliphatic rings. The van der Waals surface area contributed by atoms with E-state index in [2.05, 4.69) is 10.4 Å². The highest BCUT2D eigenvalue weighted by Crippen LogP contribution is 2.43. The van der Waals surface area contributed by atoms with E-state index in [1.165, 1.54) is 23.9 Å². The standard InChI is InChI=1S/C19H20F3N3O3/c1-23-17(28)15-16(27)14(26)10-25(24-15)11-18(8-2-3-9-18)12-4-6-13(7-5-12)19(20,21)22/h4-7,10,26H,2-3,8-9,11H2,1H3,(H,23,28). The normalized spacial score (nSPS) is 16.1. The van der Waals surface area contributed by atoms with Crippen LogP contribution in [0.25, 0.3) is 0 Å². The molecule has 28 heavy (non-hydrogen) atoms. The van der Waals surface area contributed by atoms with Crippen molar-refractivity contribution in [2.45, 2.75) is 43.8 Å². The highest BCUT2D eigenvalue weighted by molar-refractivity contribution is 5.92. The van der Waals surface area contributed by atoms with Gasteiger partial charge in [0.15, 0.2) is 11.4 Å². The van der Waals surface area contributed by atoms with Gasteiger partial charge in [0.2, 0.25) is 0 Å². The first-order chi connectivity index (χ1) is 13.2. The molecule has 1 amide bonds. The molecule has 9 heteroatoms. The zero-order chi connectivity index (χ0) is 20.5. The second-order valence-corrected chi connectivity index (χ2v) is 7.03. The Hall–Kier alpha value is -2.84. The topological polar surface area (TPSA) is 84.2 Å². The molecular weight excluding hydrogens is 375 g/mol. The summed E-state index contributed by atoms with van der Waals surface area (Å²) in [6.07, 6.45) is -0.00966. The van der Waals surface area contributed by atoms with E-state index in [1.807, 2.05) is 0 Å². The van der Waals surface area contributed by atoms with Crippen molar-refractivity contribution in [2.75, 3.05) is 7.05 Å². The van der Waals surface area contributed by atoms with Crippen molar-refractivity contribution in [2.24, 2.45) is 0 Å². The minimum Gasteiger partial charge on any atom is -0.503 e. The maximum Gasteiger partial charge on any atom is 0.416 e. The van der Waals surface area contributed by atoms with Gasteiger partial charge >= 0.3 is 6.18 Å². The monoisotopic (exact) mass is 395 g/mol. The summed E-state index contributed by atoms with van der Waals surface area (Å²) in [6, 6.07) is 5.05. The predicted octanol–water partition coefficient (Wildman–Crippen LogP) is 2.84. The van der Waals surface area contributed by atoms with Crippen LogP contribution in [0.15, 0.2) is 35.3 Å². The Balaban J connectivity index is 1.99. The third kappa shape index (κ3) is 3.74. The summed E-state index contributed by atoms with van der Waals surface area (Å²) in [5.41, 5.74) is -1.77. The van der Waals surface area contributed by atoms with Gasteiger partial charge in [0.25, 0.3) is 11.3 Å². The summed E-state index contributed by atoms with van der Waals surface area (Å²) >= 11 is 0. The minimum atomic E-state index is -4.41. The Morgan fingerprint density at radius 2 is 1.86 bits per heavy atom. The fourth-order valence-electron chi connectivity index (χ4n) is 3.78. The Bertz CT molecular complexity index is 930. The molecule has 1 saturated carbocycles. The molecule has 2 aromatic rings. The summed E-state index contributed by atoms with van der Waals surface area (Å²) in [5, 5.41) is 16.2. The molecular formula is C19H20F3N3O3. The first kappa shape index (κ1) is 19.9. The van der Waals surface area contributed by atoms with Gasteiger partial charge in [-0.2, -0.15) is 18.3 Å². The molecule has 1 aliphatic carbocycles. The molecule has 0 unspecified atom stereocenters. The van der Waals surface area contributed by atoms with Gasteiger partial charge < -0.3 is 10.4 Å². The van der Waals surface area contributed by atoms with Gasteiger partial charge in [-0.05, 0) is 30.5 Å². The maximum absolute atomic E-state index is 12.9. The summed E-state index contributed by atoms with van der Waals surface area (Å²) in [5.74, 6) is -1.32. The fourth-order valence-corrected chi connectivity index (χ4v) is 3.78. The molecule has 6 nitrogen and oxygen atoms in total. The molecule has 150 valence electrons. The van der Waals surface area contributed by atoms with Gasteiger partial charge in [0, 0.05) is 12.5 Å². The summed E-state index contributed by atoms with van der Waals surface area (Å²) < 4.78 is 39.9. The van der Waals surface area contributed by atoms with Crippen LogP contribution in [0, 0.1) is 0 Å². The van der Waals surface area contributed by atoms with Crippen LogP contribution in [0.1, 0.15) is 47.3 Å². The Labute approximate surface area is 159 Å². The second-order valence-electron chi connectivity index (χ2n) is 7.03.